The maximum Gasteiger partial charge on any atom is 0.0173 e. The van der Waals surface area contributed by atoms with E-state index in [1.54, 1.807) is 0 Å². The molecule has 0 aliphatic heterocycles. The fourth-order valence-corrected chi connectivity index (χ4v) is 1.97. The van der Waals surface area contributed by atoms with Crippen molar-refractivity contribution in [3.05, 3.63) is 0 Å². The highest BCUT2D eigenvalue weighted by Crippen LogP contribution is 2.22. The van der Waals surface area contributed by atoms with Gasteiger partial charge in [0, 0.05) is 5.54 Å². The normalized spacial score (nSPS) is 12.0. The molecule has 0 heterocycles. The van der Waals surface area contributed by atoms with Gasteiger partial charge in [-0.05, 0) is 26.3 Å². The Morgan fingerprint density at radius 3 is 1.92 bits per heavy atom. The van der Waals surface area contributed by atoms with Gasteiger partial charge in [-0.1, -0.05) is 46.5 Å². The molecule has 0 saturated carbocycles. The Kier molecular flexibility index (Phi) is 7.35. The molecular weight excluding hydrogens is 158 g/mol. The van der Waals surface area contributed by atoms with Gasteiger partial charge in [0.05, 0.1) is 0 Å². The Morgan fingerprint density at radius 1 is 0.923 bits per heavy atom. The van der Waals surface area contributed by atoms with Crippen molar-refractivity contribution >= 4 is 0 Å². The van der Waals surface area contributed by atoms with Crippen molar-refractivity contribution in [1.82, 2.24) is 5.32 Å². The zero-order chi connectivity index (χ0) is 10.2. The van der Waals surface area contributed by atoms with Crippen molar-refractivity contribution in [3.63, 3.8) is 0 Å². The smallest absolute Gasteiger partial charge is 0.0173 e. The Balaban J connectivity index is 3.68. The molecule has 0 saturated heterocycles. The molecule has 0 aliphatic rings. The second-order valence-corrected chi connectivity index (χ2v) is 4.05. The van der Waals surface area contributed by atoms with Crippen molar-refractivity contribution in [2.45, 2.75) is 71.3 Å². The van der Waals surface area contributed by atoms with Crippen LogP contribution in [-0.4, -0.2) is 12.6 Å². The zero-order valence-corrected chi connectivity index (χ0v) is 9.95. The minimum Gasteiger partial charge on any atom is -0.314 e. The topological polar surface area (TPSA) is 12.0 Å². The highest BCUT2D eigenvalue weighted by molar-refractivity contribution is 4.83. The van der Waals surface area contributed by atoms with Gasteiger partial charge in [-0.15, -0.1) is 0 Å². The van der Waals surface area contributed by atoms with E-state index < -0.39 is 0 Å². The first-order valence-electron chi connectivity index (χ1n) is 5.93. The molecule has 0 spiro atoms. The van der Waals surface area contributed by atoms with E-state index in [-0.39, 0.29) is 0 Å². The van der Waals surface area contributed by atoms with Gasteiger partial charge < -0.3 is 5.32 Å². The molecular formula is C12H27N. The van der Waals surface area contributed by atoms with Crippen molar-refractivity contribution in [2.24, 2.45) is 0 Å². The van der Waals surface area contributed by atoms with E-state index in [0.29, 0.717) is 5.54 Å². The van der Waals surface area contributed by atoms with Crippen molar-refractivity contribution in [1.29, 1.82) is 0 Å². The molecule has 0 aromatic carbocycles. The number of hydrogen-bond acceptors (Lipinski definition) is 1. The lowest BCUT2D eigenvalue weighted by Crippen LogP contribution is -2.41. The summed E-state index contributed by atoms with van der Waals surface area (Å²) in [5.41, 5.74) is 0.424. The van der Waals surface area contributed by atoms with Gasteiger partial charge in [-0.3, -0.25) is 0 Å². The SMILES string of the molecule is CCCCCCC(CC)(CC)NC. The summed E-state index contributed by atoms with van der Waals surface area (Å²) in [4.78, 5) is 0. The minimum atomic E-state index is 0.424. The Labute approximate surface area is 84.3 Å². The predicted molar refractivity (Wildman–Crippen MR) is 61.1 cm³/mol. The molecule has 80 valence electrons. The molecule has 0 aromatic heterocycles. The lowest BCUT2D eigenvalue weighted by atomic mass is 9.87. The molecule has 0 unspecified atom stereocenters. The molecule has 0 fully saturated rings. The van der Waals surface area contributed by atoms with Crippen LogP contribution in [0.2, 0.25) is 0 Å². The number of unbranched alkanes of at least 4 members (excludes halogenated alkanes) is 3. The summed E-state index contributed by atoms with van der Waals surface area (Å²) in [5, 5.41) is 3.49. The highest BCUT2D eigenvalue weighted by Gasteiger charge is 2.22. The summed E-state index contributed by atoms with van der Waals surface area (Å²) in [6.45, 7) is 6.85. The van der Waals surface area contributed by atoms with Crippen molar-refractivity contribution in [3.8, 4) is 0 Å². The summed E-state index contributed by atoms with van der Waals surface area (Å²) in [6.07, 6.45) is 9.38. The number of nitrogens with one attached hydrogen (secondary N) is 1. The van der Waals surface area contributed by atoms with Crippen LogP contribution in [0.5, 0.6) is 0 Å². The predicted octanol–water partition coefficient (Wildman–Crippen LogP) is 3.74. The van der Waals surface area contributed by atoms with Crippen LogP contribution in [0.3, 0.4) is 0 Å². The van der Waals surface area contributed by atoms with Crippen molar-refractivity contribution < 1.29 is 0 Å². The largest absolute Gasteiger partial charge is 0.314 e. The first kappa shape index (κ1) is 13.0. The third-order valence-electron chi connectivity index (χ3n) is 3.39. The Bertz CT molecular complexity index is 97.4. The van der Waals surface area contributed by atoms with Gasteiger partial charge in [0.2, 0.25) is 0 Å². The molecule has 13 heavy (non-hydrogen) atoms. The van der Waals surface area contributed by atoms with Crippen LogP contribution in [-0.2, 0) is 0 Å². The van der Waals surface area contributed by atoms with E-state index in [0.717, 1.165) is 0 Å². The number of rotatable bonds is 8. The van der Waals surface area contributed by atoms with E-state index in [4.69, 9.17) is 0 Å². The molecule has 1 N–H and O–H groups in total. The average molecular weight is 185 g/mol. The molecule has 0 aromatic rings. The van der Waals surface area contributed by atoms with E-state index in [9.17, 15) is 0 Å². The number of hydrogen-bond donors (Lipinski definition) is 1. The summed E-state index contributed by atoms with van der Waals surface area (Å²) >= 11 is 0. The van der Waals surface area contributed by atoms with Crippen LogP contribution in [0.1, 0.15) is 65.7 Å². The lowest BCUT2D eigenvalue weighted by Gasteiger charge is -2.31. The monoisotopic (exact) mass is 185 g/mol. The highest BCUT2D eigenvalue weighted by atomic mass is 14.9. The van der Waals surface area contributed by atoms with Crippen molar-refractivity contribution in [2.75, 3.05) is 7.05 Å². The van der Waals surface area contributed by atoms with Crippen LogP contribution in [0.15, 0.2) is 0 Å². The molecule has 1 nitrogen and oxygen atoms in total. The second-order valence-electron chi connectivity index (χ2n) is 4.05. The summed E-state index contributed by atoms with van der Waals surface area (Å²) < 4.78 is 0. The van der Waals surface area contributed by atoms with Gasteiger partial charge in [0.15, 0.2) is 0 Å². The first-order valence-corrected chi connectivity index (χ1v) is 5.93. The molecule has 0 amide bonds. The maximum atomic E-state index is 3.49. The van der Waals surface area contributed by atoms with Gasteiger partial charge >= 0.3 is 0 Å². The summed E-state index contributed by atoms with van der Waals surface area (Å²) in [7, 11) is 2.10. The fourth-order valence-electron chi connectivity index (χ4n) is 1.97. The Hall–Kier alpha value is -0.0400. The maximum absolute atomic E-state index is 3.49. The van der Waals surface area contributed by atoms with Gasteiger partial charge in [0.1, 0.15) is 0 Å². The van der Waals surface area contributed by atoms with Gasteiger partial charge in [0.25, 0.3) is 0 Å². The van der Waals surface area contributed by atoms with Crippen LogP contribution in [0.25, 0.3) is 0 Å². The quantitative estimate of drug-likeness (QED) is 0.568. The van der Waals surface area contributed by atoms with E-state index in [1.165, 1.54) is 44.9 Å². The van der Waals surface area contributed by atoms with E-state index >= 15 is 0 Å². The van der Waals surface area contributed by atoms with E-state index in [2.05, 4.69) is 33.1 Å². The first-order chi connectivity index (χ1) is 6.24. The van der Waals surface area contributed by atoms with E-state index in [1.807, 2.05) is 0 Å². The third-order valence-corrected chi connectivity index (χ3v) is 3.39. The molecule has 0 atom stereocenters. The molecule has 0 radical (unpaired) electrons. The summed E-state index contributed by atoms with van der Waals surface area (Å²) in [5.74, 6) is 0. The van der Waals surface area contributed by atoms with Crippen LogP contribution in [0.4, 0.5) is 0 Å². The second kappa shape index (κ2) is 7.37. The van der Waals surface area contributed by atoms with Gasteiger partial charge in [-0.2, -0.15) is 0 Å². The standard InChI is InChI=1S/C12H27N/c1-5-8-9-10-11-12(6-2,7-3)13-4/h13H,5-11H2,1-4H3. The molecule has 0 rings (SSSR count). The van der Waals surface area contributed by atoms with Crippen LogP contribution in [0, 0.1) is 0 Å². The molecule has 1 heteroatoms. The van der Waals surface area contributed by atoms with Crippen LogP contribution >= 0.6 is 0 Å². The molecule has 0 bridgehead atoms. The minimum absolute atomic E-state index is 0.424. The zero-order valence-electron chi connectivity index (χ0n) is 9.95. The Morgan fingerprint density at radius 2 is 1.54 bits per heavy atom. The fraction of sp³-hybridized carbons (Fsp3) is 1.00. The average Bonchev–Trinajstić information content (AvgIpc) is 2.20. The molecule has 0 aliphatic carbocycles. The summed E-state index contributed by atoms with van der Waals surface area (Å²) in [6, 6.07) is 0. The van der Waals surface area contributed by atoms with Crippen LogP contribution < -0.4 is 5.32 Å². The lowest BCUT2D eigenvalue weighted by molar-refractivity contribution is 0.290. The van der Waals surface area contributed by atoms with Gasteiger partial charge in [-0.25, -0.2) is 0 Å². The third kappa shape index (κ3) is 4.66.